The lowest BCUT2D eigenvalue weighted by Gasteiger charge is -2.30. The first kappa shape index (κ1) is 15.0. The van der Waals surface area contributed by atoms with Crippen molar-refractivity contribution in [2.75, 3.05) is 5.32 Å². The van der Waals surface area contributed by atoms with Crippen LogP contribution in [0.3, 0.4) is 0 Å². The minimum atomic E-state index is -0.111. The molecule has 1 N–H and O–H groups in total. The lowest BCUT2D eigenvalue weighted by atomic mass is 9.85. The summed E-state index contributed by atoms with van der Waals surface area (Å²) in [5, 5.41) is 8.52. The van der Waals surface area contributed by atoms with Crippen molar-refractivity contribution < 1.29 is 0 Å². The molecule has 0 unspecified atom stereocenters. The molecule has 0 saturated heterocycles. The summed E-state index contributed by atoms with van der Waals surface area (Å²) < 4.78 is 1.38. The van der Waals surface area contributed by atoms with E-state index in [-0.39, 0.29) is 11.0 Å². The highest BCUT2D eigenvalue weighted by Crippen LogP contribution is 2.27. The summed E-state index contributed by atoms with van der Waals surface area (Å²) in [6, 6.07) is 1.86. The number of fused-ring (bicyclic) bond motifs is 1. The topological polar surface area (TPSA) is 59.3 Å². The maximum Gasteiger partial charge on any atom is 0.275 e. The molecule has 0 aliphatic rings. The molecule has 1 atom stereocenters. The van der Waals surface area contributed by atoms with Gasteiger partial charge >= 0.3 is 0 Å². The van der Waals surface area contributed by atoms with Crippen molar-refractivity contribution in [3.05, 3.63) is 22.1 Å². The summed E-state index contributed by atoms with van der Waals surface area (Å²) in [7, 11) is 0. The highest BCUT2D eigenvalue weighted by molar-refractivity contribution is 7.20. The molecule has 0 aromatic carbocycles. The van der Waals surface area contributed by atoms with Crippen LogP contribution in [0.4, 0.5) is 5.13 Å². The minimum Gasteiger partial charge on any atom is -0.357 e. The van der Waals surface area contributed by atoms with Gasteiger partial charge in [0, 0.05) is 17.8 Å². The van der Waals surface area contributed by atoms with Crippen LogP contribution in [0.2, 0.25) is 0 Å². The molecule has 0 spiro atoms. The van der Waals surface area contributed by atoms with Crippen LogP contribution >= 0.6 is 11.3 Å². The number of nitrogens with zero attached hydrogens (tertiary/aromatic N) is 3. The quantitative estimate of drug-likeness (QED) is 0.942. The van der Waals surface area contributed by atoms with Gasteiger partial charge in [-0.05, 0) is 18.3 Å². The molecule has 0 fully saturated rings. The van der Waals surface area contributed by atoms with E-state index in [1.165, 1.54) is 15.9 Å². The summed E-state index contributed by atoms with van der Waals surface area (Å²) in [6.07, 6.45) is 1.76. The van der Waals surface area contributed by atoms with Gasteiger partial charge in [-0.25, -0.2) is 4.98 Å². The van der Waals surface area contributed by atoms with Crippen molar-refractivity contribution in [2.45, 2.75) is 53.5 Å². The van der Waals surface area contributed by atoms with Crippen LogP contribution in [0.15, 0.2) is 10.9 Å². The Morgan fingerprint density at radius 2 is 2.10 bits per heavy atom. The van der Waals surface area contributed by atoms with Crippen molar-refractivity contribution in [2.24, 2.45) is 5.41 Å². The van der Waals surface area contributed by atoms with E-state index in [1.807, 2.05) is 6.92 Å². The van der Waals surface area contributed by atoms with E-state index in [1.54, 1.807) is 6.07 Å². The Balaban J connectivity index is 2.37. The Morgan fingerprint density at radius 3 is 2.65 bits per heavy atom. The van der Waals surface area contributed by atoms with Crippen molar-refractivity contribution >= 4 is 21.4 Å². The third-order valence-corrected chi connectivity index (χ3v) is 4.25. The molecule has 0 amide bonds. The predicted octanol–water partition coefficient (Wildman–Crippen LogP) is 2.95. The van der Waals surface area contributed by atoms with Crippen LogP contribution in [0.1, 0.15) is 46.7 Å². The first-order valence-electron chi connectivity index (χ1n) is 7.01. The molecule has 2 aromatic heterocycles. The fourth-order valence-corrected chi connectivity index (χ4v) is 3.05. The van der Waals surface area contributed by atoms with E-state index in [0.29, 0.717) is 11.0 Å². The molecule has 5 nitrogen and oxygen atoms in total. The van der Waals surface area contributed by atoms with Gasteiger partial charge in [-0.2, -0.15) is 4.52 Å². The maximum atomic E-state index is 12.0. The zero-order chi connectivity index (χ0) is 14.9. The van der Waals surface area contributed by atoms with E-state index >= 15 is 0 Å². The monoisotopic (exact) mass is 294 g/mol. The average molecular weight is 294 g/mol. The van der Waals surface area contributed by atoms with Gasteiger partial charge in [0.1, 0.15) is 0 Å². The van der Waals surface area contributed by atoms with E-state index < -0.39 is 0 Å². The van der Waals surface area contributed by atoms with Gasteiger partial charge in [-0.3, -0.25) is 4.79 Å². The fraction of sp³-hybridized carbons (Fsp3) is 0.643. The Bertz CT molecular complexity index is 653. The van der Waals surface area contributed by atoms with Gasteiger partial charge in [0.05, 0.1) is 0 Å². The molecular formula is C14H22N4OS. The Morgan fingerprint density at radius 1 is 1.40 bits per heavy atom. The standard InChI is InChI=1S/C14H22N4OS/c1-6-9-8-11(19)18-13(15-9)20-12(17-18)16-10(7-2)14(3,4)5/h8,10H,6-7H2,1-5H3,(H,16,17)/t10-/m0/s1. The van der Waals surface area contributed by atoms with Gasteiger partial charge in [-0.15, -0.1) is 5.10 Å². The van der Waals surface area contributed by atoms with Crippen LogP contribution in [0, 0.1) is 5.41 Å². The Labute approximate surface area is 123 Å². The number of hydrogen-bond donors (Lipinski definition) is 1. The SMILES string of the molecule is CCc1cc(=O)n2nc(N[C@@H](CC)C(C)(C)C)sc2n1. The van der Waals surface area contributed by atoms with Crippen LogP contribution < -0.4 is 10.9 Å². The molecule has 0 saturated carbocycles. The number of anilines is 1. The number of nitrogens with one attached hydrogen (secondary N) is 1. The van der Waals surface area contributed by atoms with E-state index in [2.05, 4.69) is 43.1 Å². The number of aryl methyl sites for hydroxylation is 1. The largest absolute Gasteiger partial charge is 0.357 e. The number of aromatic nitrogens is 3. The fourth-order valence-electron chi connectivity index (χ4n) is 2.18. The molecule has 0 bridgehead atoms. The summed E-state index contributed by atoms with van der Waals surface area (Å²) in [5.74, 6) is 0. The van der Waals surface area contributed by atoms with E-state index in [4.69, 9.17) is 0 Å². The van der Waals surface area contributed by atoms with Gasteiger partial charge < -0.3 is 5.32 Å². The second-order valence-corrected chi connectivity index (χ2v) is 6.97. The molecule has 2 rings (SSSR count). The molecule has 2 heterocycles. The molecule has 6 heteroatoms. The van der Waals surface area contributed by atoms with Crippen molar-refractivity contribution in [1.29, 1.82) is 0 Å². The van der Waals surface area contributed by atoms with E-state index in [9.17, 15) is 4.79 Å². The van der Waals surface area contributed by atoms with Crippen LogP contribution in [-0.4, -0.2) is 20.6 Å². The molecule has 0 radical (unpaired) electrons. The third-order valence-electron chi connectivity index (χ3n) is 3.41. The Kier molecular flexibility index (Phi) is 4.13. The van der Waals surface area contributed by atoms with Crippen molar-refractivity contribution in [3.63, 3.8) is 0 Å². The molecule has 20 heavy (non-hydrogen) atoms. The number of hydrogen-bond acceptors (Lipinski definition) is 5. The van der Waals surface area contributed by atoms with Gasteiger partial charge in [0.15, 0.2) is 0 Å². The van der Waals surface area contributed by atoms with E-state index in [0.717, 1.165) is 23.7 Å². The highest BCUT2D eigenvalue weighted by Gasteiger charge is 2.24. The lowest BCUT2D eigenvalue weighted by molar-refractivity contribution is 0.333. The zero-order valence-corrected chi connectivity index (χ0v) is 13.5. The molecular weight excluding hydrogens is 272 g/mol. The van der Waals surface area contributed by atoms with Crippen LogP contribution in [0.5, 0.6) is 0 Å². The van der Waals surface area contributed by atoms with Crippen molar-refractivity contribution in [1.82, 2.24) is 14.6 Å². The molecule has 110 valence electrons. The van der Waals surface area contributed by atoms with Crippen LogP contribution in [0.25, 0.3) is 4.96 Å². The Hall–Kier alpha value is -1.43. The van der Waals surface area contributed by atoms with Gasteiger partial charge in [0.2, 0.25) is 10.1 Å². The minimum absolute atomic E-state index is 0.111. The molecule has 0 aliphatic heterocycles. The van der Waals surface area contributed by atoms with Crippen molar-refractivity contribution in [3.8, 4) is 0 Å². The number of rotatable bonds is 4. The molecule has 2 aromatic rings. The summed E-state index contributed by atoms with van der Waals surface area (Å²) >= 11 is 1.43. The van der Waals surface area contributed by atoms with Gasteiger partial charge in [-0.1, -0.05) is 46.0 Å². The second kappa shape index (κ2) is 5.52. The smallest absolute Gasteiger partial charge is 0.275 e. The highest BCUT2D eigenvalue weighted by atomic mass is 32.1. The first-order valence-corrected chi connectivity index (χ1v) is 7.83. The lowest BCUT2D eigenvalue weighted by Crippen LogP contribution is -2.33. The first-order chi connectivity index (χ1) is 9.35. The average Bonchev–Trinajstić information content (AvgIpc) is 2.77. The molecule has 0 aliphatic carbocycles. The second-order valence-electron chi connectivity index (χ2n) is 6.01. The van der Waals surface area contributed by atoms with Crippen LogP contribution in [-0.2, 0) is 6.42 Å². The zero-order valence-electron chi connectivity index (χ0n) is 12.7. The summed E-state index contributed by atoms with van der Waals surface area (Å²) in [4.78, 5) is 17.1. The summed E-state index contributed by atoms with van der Waals surface area (Å²) in [6.45, 7) is 10.7. The normalized spacial score (nSPS) is 13.7. The maximum absolute atomic E-state index is 12.0. The predicted molar refractivity (Wildman–Crippen MR) is 83.7 cm³/mol. The van der Waals surface area contributed by atoms with Gasteiger partial charge in [0.25, 0.3) is 5.56 Å². The third kappa shape index (κ3) is 3.00. The summed E-state index contributed by atoms with van der Waals surface area (Å²) in [5.41, 5.74) is 0.840.